The van der Waals surface area contributed by atoms with Crippen LogP contribution in [0.3, 0.4) is 0 Å². The lowest BCUT2D eigenvalue weighted by molar-refractivity contribution is -0.133. The third-order valence-corrected chi connectivity index (χ3v) is 7.76. The zero-order chi connectivity index (χ0) is 33.6. The van der Waals surface area contributed by atoms with Crippen molar-refractivity contribution in [3.63, 3.8) is 0 Å². The molecular weight excluding hydrogens is 596 g/mol. The van der Waals surface area contributed by atoms with E-state index in [2.05, 4.69) is 25.9 Å². The molecule has 0 radical (unpaired) electrons. The summed E-state index contributed by atoms with van der Waals surface area (Å²) in [5.41, 5.74) is 20.2. The van der Waals surface area contributed by atoms with E-state index in [-0.39, 0.29) is 44.1 Å². The van der Waals surface area contributed by atoms with E-state index in [1.54, 1.807) is 6.20 Å². The highest BCUT2D eigenvalue weighted by Gasteiger charge is 2.29. The van der Waals surface area contributed by atoms with Gasteiger partial charge in [-0.15, -0.1) is 0 Å². The van der Waals surface area contributed by atoms with E-state index < -0.39 is 35.8 Å². The summed E-state index contributed by atoms with van der Waals surface area (Å²) in [6.45, 7) is 0.222. The van der Waals surface area contributed by atoms with Crippen LogP contribution in [0.4, 0.5) is 0 Å². The molecule has 0 spiro atoms. The minimum atomic E-state index is -1.07. The summed E-state index contributed by atoms with van der Waals surface area (Å²) in [5, 5.41) is 9.29. The Balaban J connectivity index is 1.49. The van der Waals surface area contributed by atoms with Crippen LogP contribution < -0.4 is 33.2 Å². The highest BCUT2D eigenvalue weighted by molar-refractivity contribution is 5.94. The first-order chi connectivity index (χ1) is 22.7. The van der Waals surface area contributed by atoms with Crippen molar-refractivity contribution in [1.82, 2.24) is 20.9 Å². The summed E-state index contributed by atoms with van der Waals surface area (Å²) in [6, 6.07) is 23.4. The average molecular weight is 639 g/mol. The van der Waals surface area contributed by atoms with E-state index in [1.807, 2.05) is 84.9 Å². The van der Waals surface area contributed by atoms with Crippen LogP contribution in [0, 0.1) is 0 Å². The number of nitrogens with zero attached hydrogens (tertiary/aromatic N) is 1. The van der Waals surface area contributed by atoms with Crippen LogP contribution in [-0.4, -0.2) is 59.2 Å². The third-order valence-electron chi connectivity index (χ3n) is 7.76. The molecule has 4 aromatic rings. The minimum Gasteiger partial charge on any atom is -0.370 e. The van der Waals surface area contributed by atoms with Crippen molar-refractivity contribution in [3.8, 4) is 0 Å². The molecule has 0 aliphatic heterocycles. The molecule has 0 saturated carbocycles. The topological polar surface area (TPSA) is 211 Å². The number of carbonyl (C=O) groups is 4. The van der Waals surface area contributed by atoms with Crippen molar-refractivity contribution in [2.75, 3.05) is 6.54 Å². The summed E-state index contributed by atoms with van der Waals surface area (Å²) in [7, 11) is 0. The summed E-state index contributed by atoms with van der Waals surface area (Å²) in [6.07, 6.45) is 3.33. The Labute approximate surface area is 273 Å². The molecule has 4 amide bonds. The number of aliphatic imine (C=N–C) groups is 1. The zero-order valence-corrected chi connectivity index (χ0v) is 26.2. The number of aromatic amines is 1. The van der Waals surface area contributed by atoms with Crippen molar-refractivity contribution in [3.05, 3.63) is 108 Å². The summed E-state index contributed by atoms with van der Waals surface area (Å²) in [4.78, 5) is 60.1. The number of guanidine groups is 1. The lowest BCUT2D eigenvalue weighted by atomic mass is 10.0. The standard InChI is InChI=1S/C35H42N8O4/c36-32(45)29(21-25-22-40-27-15-8-7-14-26(25)27)43-33(46)28(16-9-19-39-35(37)38)42-34(47)30(20-24-12-5-2-6-13-24)41-31(44)18-17-23-10-3-1-4-11-23/h1-8,10-15,22,28-30,40H,9,16-21H2,(H2,36,45)(H,41,44)(H,42,47)(H,43,46)(H4,37,38,39)/t28-,29-,30+/m0/s1. The number of amides is 4. The van der Waals surface area contributed by atoms with Gasteiger partial charge in [-0.25, -0.2) is 0 Å². The first-order valence-corrected chi connectivity index (χ1v) is 15.6. The second-order valence-electron chi connectivity index (χ2n) is 11.3. The smallest absolute Gasteiger partial charge is 0.243 e. The summed E-state index contributed by atoms with van der Waals surface area (Å²) >= 11 is 0. The lowest BCUT2D eigenvalue weighted by Gasteiger charge is -2.25. The molecule has 0 fully saturated rings. The number of primary amides is 1. The fourth-order valence-corrected chi connectivity index (χ4v) is 5.29. The van der Waals surface area contributed by atoms with Crippen molar-refractivity contribution in [2.45, 2.75) is 56.7 Å². The Kier molecular flexibility index (Phi) is 12.5. The van der Waals surface area contributed by atoms with Gasteiger partial charge in [0.1, 0.15) is 18.1 Å². The zero-order valence-electron chi connectivity index (χ0n) is 26.2. The van der Waals surface area contributed by atoms with E-state index in [1.165, 1.54) is 0 Å². The van der Waals surface area contributed by atoms with Crippen LogP contribution >= 0.6 is 0 Å². The van der Waals surface area contributed by atoms with E-state index in [0.717, 1.165) is 27.6 Å². The molecule has 0 unspecified atom stereocenters. The Morgan fingerprint density at radius 2 is 1.32 bits per heavy atom. The van der Waals surface area contributed by atoms with Crippen LogP contribution in [-0.2, 0) is 38.4 Å². The Hall–Kier alpha value is -5.65. The van der Waals surface area contributed by atoms with Gasteiger partial charge in [0.15, 0.2) is 5.96 Å². The van der Waals surface area contributed by atoms with E-state index >= 15 is 0 Å². The first kappa shape index (κ1) is 34.2. The third kappa shape index (κ3) is 10.7. The molecule has 3 aromatic carbocycles. The number of hydrogen-bond donors (Lipinski definition) is 7. The maximum atomic E-state index is 13.8. The fourth-order valence-electron chi connectivity index (χ4n) is 5.29. The maximum absolute atomic E-state index is 13.8. The number of nitrogens with two attached hydrogens (primary N) is 3. The number of nitrogens with one attached hydrogen (secondary N) is 4. The van der Waals surface area contributed by atoms with Crippen LogP contribution in [0.25, 0.3) is 10.9 Å². The molecule has 12 nitrogen and oxygen atoms in total. The second-order valence-corrected chi connectivity index (χ2v) is 11.3. The number of rotatable bonds is 17. The van der Waals surface area contributed by atoms with Crippen molar-refractivity contribution >= 4 is 40.5 Å². The molecule has 4 rings (SSSR count). The van der Waals surface area contributed by atoms with Crippen LogP contribution in [0.2, 0.25) is 0 Å². The Bertz CT molecular complexity index is 1670. The largest absolute Gasteiger partial charge is 0.370 e. The van der Waals surface area contributed by atoms with Gasteiger partial charge in [0, 0.05) is 42.9 Å². The quantitative estimate of drug-likeness (QED) is 0.0518. The molecule has 0 aliphatic carbocycles. The van der Waals surface area contributed by atoms with Gasteiger partial charge in [0.2, 0.25) is 23.6 Å². The van der Waals surface area contributed by atoms with Gasteiger partial charge < -0.3 is 38.1 Å². The summed E-state index contributed by atoms with van der Waals surface area (Å²) < 4.78 is 0. The molecule has 12 heteroatoms. The lowest BCUT2D eigenvalue weighted by Crippen LogP contribution is -2.57. The Morgan fingerprint density at radius 3 is 2.00 bits per heavy atom. The minimum absolute atomic E-state index is 0.0938. The van der Waals surface area contributed by atoms with Crippen LogP contribution in [0.5, 0.6) is 0 Å². The van der Waals surface area contributed by atoms with Gasteiger partial charge in [-0.1, -0.05) is 78.9 Å². The number of carbonyl (C=O) groups excluding carboxylic acids is 4. The highest BCUT2D eigenvalue weighted by atomic mass is 16.2. The number of aryl methyl sites for hydroxylation is 1. The molecule has 0 saturated heterocycles. The number of H-pyrrole nitrogens is 1. The van der Waals surface area contributed by atoms with Gasteiger partial charge in [0.05, 0.1) is 0 Å². The van der Waals surface area contributed by atoms with Crippen molar-refractivity contribution in [2.24, 2.45) is 22.2 Å². The van der Waals surface area contributed by atoms with Crippen molar-refractivity contribution in [1.29, 1.82) is 0 Å². The number of para-hydroxylation sites is 1. The number of benzene rings is 3. The Morgan fingerprint density at radius 1 is 0.702 bits per heavy atom. The monoisotopic (exact) mass is 638 g/mol. The summed E-state index contributed by atoms with van der Waals surface area (Å²) in [5.74, 6) is -2.26. The molecule has 10 N–H and O–H groups in total. The molecule has 0 bridgehead atoms. The first-order valence-electron chi connectivity index (χ1n) is 15.6. The normalized spacial score (nSPS) is 12.8. The van der Waals surface area contributed by atoms with Gasteiger partial charge in [0.25, 0.3) is 0 Å². The molecular formula is C35H42N8O4. The number of hydrogen-bond acceptors (Lipinski definition) is 5. The average Bonchev–Trinajstić information content (AvgIpc) is 3.47. The van der Waals surface area contributed by atoms with Gasteiger partial charge in [-0.05, 0) is 42.0 Å². The number of fused-ring (bicyclic) bond motifs is 1. The fraction of sp³-hybridized carbons (Fsp3) is 0.286. The van der Waals surface area contributed by atoms with Gasteiger partial charge in [-0.2, -0.15) is 0 Å². The van der Waals surface area contributed by atoms with Crippen LogP contribution in [0.15, 0.2) is 96.1 Å². The molecule has 3 atom stereocenters. The molecule has 0 aliphatic rings. The van der Waals surface area contributed by atoms with E-state index in [9.17, 15) is 19.2 Å². The molecule has 246 valence electrons. The second kappa shape index (κ2) is 17.2. The van der Waals surface area contributed by atoms with Crippen LogP contribution in [0.1, 0.15) is 36.0 Å². The molecule has 1 aromatic heterocycles. The predicted octanol–water partition coefficient (Wildman–Crippen LogP) is 1.58. The maximum Gasteiger partial charge on any atom is 0.243 e. The SMILES string of the molecule is NC(=O)[C@H](Cc1c[nH]c2ccccc12)NC(=O)[C@H](CCCN=C(N)N)NC(=O)[C@@H](Cc1ccccc1)NC(=O)CCc1ccccc1. The number of aromatic nitrogens is 1. The van der Waals surface area contributed by atoms with E-state index in [0.29, 0.717) is 12.8 Å². The highest BCUT2D eigenvalue weighted by Crippen LogP contribution is 2.19. The van der Waals surface area contributed by atoms with Crippen molar-refractivity contribution < 1.29 is 19.2 Å². The predicted molar refractivity (Wildman–Crippen MR) is 182 cm³/mol. The molecule has 1 heterocycles. The van der Waals surface area contributed by atoms with Gasteiger partial charge >= 0.3 is 0 Å². The molecule has 47 heavy (non-hydrogen) atoms. The van der Waals surface area contributed by atoms with Gasteiger partial charge in [-0.3, -0.25) is 24.2 Å². The van der Waals surface area contributed by atoms with E-state index in [4.69, 9.17) is 17.2 Å².